The quantitative estimate of drug-likeness (QED) is 0.894. The molecule has 1 N–H and O–H groups in total. The number of aliphatic carboxylic acids is 1. The lowest BCUT2D eigenvalue weighted by molar-refractivity contribution is -0.138. The highest BCUT2D eigenvalue weighted by Crippen LogP contribution is 2.45. The Kier molecular flexibility index (Phi) is 3.52. The van der Waals surface area contributed by atoms with Crippen molar-refractivity contribution in [2.75, 3.05) is 4.90 Å². The van der Waals surface area contributed by atoms with Gasteiger partial charge >= 0.3 is 5.97 Å². The molecule has 0 saturated carbocycles. The van der Waals surface area contributed by atoms with Crippen molar-refractivity contribution in [2.24, 2.45) is 0 Å². The summed E-state index contributed by atoms with van der Waals surface area (Å²) in [7, 11) is 0. The van der Waals surface area contributed by atoms with Crippen molar-refractivity contribution in [1.82, 2.24) is 0 Å². The van der Waals surface area contributed by atoms with Gasteiger partial charge in [-0.1, -0.05) is 18.5 Å². The summed E-state index contributed by atoms with van der Waals surface area (Å²) in [6.07, 6.45) is 0.915. The Hall–Kier alpha value is -1.22. The van der Waals surface area contributed by atoms with Crippen LogP contribution in [0.15, 0.2) is 18.2 Å². The number of halogens is 1. The van der Waals surface area contributed by atoms with Crippen molar-refractivity contribution in [3.05, 3.63) is 28.8 Å². The number of hydrogen-bond donors (Lipinski definition) is 1. The molecule has 0 aliphatic carbocycles. The lowest BCUT2D eigenvalue weighted by Gasteiger charge is -2.49. The Morgan fingerprint density at radius 2 is 2.16 bits per heavy atom. The molecule has 1 aromatic carbocycles. The number of benzene rings is 1. The first-order chi connectivity index (χ1) is 8.74. The van der Waals surface area contributed by atoms with E-state index in [4.69, 9.17) is 11.6 Å². The Labute approximate surface area is 119 Å². The van der Waals surface area contributed by atoms with Gasteiger partial charge in [0.1, 0.15) is 6.04 Å². The van der Waals surface area contributed by atoms with Crippen LogP contribution in [0.5, 0.6) is 0 Å². The van der Waals surface area contributed by atoms with E-state index >= 15 is 0 Å². The standard InChI is InChI=1S/C15H20ClNO2/c1-9-8-15(3,4)17(10(2)14(18)19)13-6-5-11(16)7-12(9)13/h5-7,9-10H,8H2,1-4H3,(H,18,19). The normalized spacial score (nSPS) is 22.8. The molecule has 0 saturated heterocycles. The van der Waals surface area contributed by atoms with Crippen molar-refractivity contribution in [1.29, 1.82) is 0 Å². The molecule has 2 atom stereocenters. The van der Waals surface area contributed by atoms with E-state index in [0.717, 1.165) is 17.7 Å². The fraction of sp³-hybridized carbons (Fsp3) is 0.533. The van der Waals surface area contributed by atoms with Crippen LogP contribution in [0.1, 0.15) is 45.6 Å². The van der Waals surface area contributed by atoms with Gasteiger partial charge in [0, 0.05) is 16.2 Å². The maximum Gasteiger partial charge on any atom is 0.326 e. The molecule has 1 aliphatic heterocycles. The summed E-state index contributed by atoms with van der Waals surface area (Å²) in [5.41, 5.74) is 1.95. The molecule has 2 unspecified atom stereocenters. The van der Waals surface area contributed by atoms with E-state index < -0.39 is 12.0 Å². The Morgan fingerprint density at radius 3 is 2.74 bits per heavy atom. The van der Waals surface area contributed by atoms with Gasteiger partial charge in [0.25, 0.3) is 0 Å². The largest absolute Gasteiger partial charge is 0.480 e. The minimum Gasteiger partial charge on any atom is -0.480 e. The van der Waals surface area contributed by atoms with Crippen molar-refractivity contribution >= 4 is 23.3 Å². The van der Waals surface area contributed by atoms with E-state index in [2.05, 4.69) is 20.8 Å². The summed E-state index contributed by atoms with van der Waals surface area (Å²) in [5, 5.41) is 10.0. The topological polar surface area (TPSA) is 40.5 Å². The summed E-state index contributed by atoms with van der Waals surface area (Å²) in [4.78, 5) is 13.4. The first kappa shape index (κ1) is 14.2. The predicted molar refractivity (Wildman–Crippen MR) is 78.1 cm³/mol. The van der Waals surface area contributed by atoms with Crippen LogP contribution in [0.2, 0.25) is 5.02 Å². The summed E-state index contributed by atoms with van der Waals surface area (Å²) in [6.45, 7) is 8.10. The molecule has 0 aromatic heterocycles. The highest BCUT2D eigenvalue weighted by atomic mass is 35.5. The van der Waals surface area contributed by atoms with Crippen molar-refractivity contribution < 1.29 is 9.90 Å². The lowest BCUT2D eigenvalue weighted by Crippen LogP contribution is -2.55. The lowest BCUT2D eigenvalue weighted by atomic mass is 9.79. The first-order valence-corrected chi connectivity index (χ1v) is 6.93. The molecule has 1 heterocycles. The number of carboxylic acids is 1. The summed E-state index contributed by atoms with van der Waals surface area (Å²) < 4.78 is 0. The average molecular weight is 282 g/mol. The second kappa shape index (κ2) is 4.71. The van der Waals surface area contributed by atoms with Crippen molar-refractivity contribution in [3.63, 3.8) is 0 Å². The fourth-order valence-electron chi connectivity index (χ4n) is 3.27. The third kappa shape index (κ3) is 2.44. The second-order valence-corrected chi connectivity index (χ2v) is 6.44. The average Bonchev–Trinajstić information content (AvgIpc) is 2.28. The number of carbonyl (C=O) groups is 1. The van der Waals surface area contributed by atoms with Crippen LogP contribution in [-0.2, 0) is 4.79 Å². The van der Waals surface area contributed by atoms with Gasteiger partial charge in [0.05, 0.1) is 0 Å². The minimum atomic E-state index is -0.802. The van der Waals surface area contributed by atoms with Crippen LogP contribution in [0.25, 0.3) is 0 Å². The molecule has 0 radical (unpaired) electrons. The van der Waals surface area contributed by atoms with Gasteiger partial charge in [-0.15, -0.1) is 0 Å². The smallest absolute Gasteiger partial charge is 0.326 e. The van der Waals surface area contributed by atoms with Crippen molar-refractivity contribution in [2.45, 2.75) is 51.6 Å². The van der Waals surface area contributed by atoms with Gasteiger partial charge in [0.2, 0.25) is 0 Å². The zero-order valence-corrected chi connectivity index (χ0v) is 12.5. The third-order valence-electron chi connectivity index (χ3n) is 3.98. The van der Waals surface area contributed by atoms with Crippen LogP contribution in [-0.4, -0.2) is 22.7 Å². The molecule has 1 aromatic rings. The van der Waals surface area contributed by atoms with E-state index in [9.17, 15) is 9.90 Å². The summed E-state index contributed by atoms with van der Waals surface area (Å²) in [5.74, 6) is -0.426. The number of hydrogen-bond acceptors (Lipinski definition) is 2. The minimum absolute atomic E-state index is 0.182. The first-order valence-electron chi connectivity index (χ1n) is 6.55. The van der Waals surface area contributed by atoms with Gasteiger partial charge in [-0.05, 0) is 56.9 Å². The Balaban J connectivity index is 2.58. The summed E-state index contributed by atoms with van der Waals surface area (Å²) in [6, 6.07) is 5.17. The molecule has 0 bridgehead atoms. The van der Waals surface area contributed by atoms with E-state index in [0.29, 0.717) is 10.9 Å². The molecular formula is C15H20ClNO2. The van der Waals surface area contributed by atoms with E-state index in [-0.39, 0.29) is 5.54 Å². The third-order valence-corrected chi connectivity index (χ3v) is 4.22. The fourth-order valence-corrected chi connectivity index (χ4v) is 3.45. The van der Waals surface area contributed by atoms with Crippen LogP contribution < -0.4 is 4.90 Å². The number of carboxylic acid groups (broad SMARTS) is 1. The van der Waals surface area contributed by atoms with Gasteiger partial charge in [-0.3, -0.25) is 0 Å². The molecule has 104 valence electrons. The number of fused-ring (bicyclic) bond motifs is 1. The van der Waals surface area contributed by atoms with E-state index in [1.807, 2.05) is 23.1 Å². The van der Waals surface area contributed by atoms with Gasteiger partial charge < -0.3 is 10.0 Å². The van der Waals surface area contributed by atoms with E-state index in [1.165, 1.54) is 0 Å². The van der Waals surface area contributed by atoms with Gasteiger partial charge in [-0.25, -0.2) is 4.79 Å². The molecule has 19 heavy (non-hydrogen) atoms. The SMILES string of the molecule is CC1CC(C)(C)N(C(C)C(=O)O)c2ccc(Cl)cc21. The highest BCUT2D eigenvalue weighted by Gasteiger charge is 2.40. The monoisotopic (exact) mass is 281 g/mol. The molecule has 1 aliphatic rings. The zero-order chi connectivity index (χ0) is 14.4. The van der Waals surface area contributed by atoms with Crippen LogP contribution in [0, 0.1) is 0 Å². The molecule has 0 fully saturated rings. The molecule has 0 spiro atoms. The molecule has 0 amide bonds. The number of nitrogens with zero attached hydrogens (tertiary/aromatic N) is 1. The number of anilines is 1. The van der Waals surface area contributed by atoms with Gasteiger partial charge in [0.15, 0.2) is 0 Å². The van der Waals surface area contributed by atoms with Crippen molar-refractivity contribution in [3.8, 4) is 0 Å². The second-order valence-electron chi connectivity index (χ2n) is 6.00. The molecule has 4 heteroatoms. The highest BCUT2D eigenvalue weighted by molar-refractivity contribution is 6.30. The van der Waals surface area contributed by atoms with Gasteiger partial charge in [-0.2, -0.15) is 0 Å². The Morgan fingerprint density at radius 1 is 1.53 bits per heavy atom. The van der Waals surface area contributed by atoms with Crippen LogP contribution >= 0.6 is 11.6 Å². The maximum atomic E-state index is 11.4. The molecule has 3 nitrogen and oxygen atoms in total. The van der Waals surface area contributed by atoms with Crippen LogP contribution in [0.3, 0.4) is 0 Å². The predicted octanol–water partition coefficient (Wildman–Crippen LogP) is 3.91. The summed E-state index contributed by atoms with van der Waals surface area (Å²) >= 11 is 6.07. The number of rotatable bonds is 2. The Bertz CT molecular complexity index is 513. The van der Waals surface area contributed by atoms with E-state index in [1.54, 1.807) is 6.92 Å². The maximum absolute atomic E-state index is 11.4. The molecular weight excluding hydrogens is 262 g/mol. The zero-order valence-electron chi connectivity index (χ0n) is 11.8. The van der Waals surface area contributed by atoms with Crippen LogP contribution in [0.4, 0.5) is 5.69 Å². The molecule has 2 rings (SSSR count).